The smallest absolute Gasteiger partial charge is 0.521 e. The SMILES string of the molecule is C=C(CC(=O)OCCCS(=O)(=O)O)C(=O)OCCCS(=O)(=O)O.O=C1CCCN1.[CH-]=C.[K+]. The third-order valence-electron chi connectivity index (χ3n) is 3.14. The molecular formula is C17H28KNO11S2. The molecule has 0 aromatic rings. The van der Waals surface area contributed by atoms with Crippen LogP contribution in [0.2, 0.25) is 0 Å². The van der Waals surface area contributed by atoms with Crippen LogP contribution in [-0.4, -0.2) is 75.1 Å². The van der Waals surface area contributed by atoms with Crippen LogP contribution in [0.15, 0.2) is 18.7 Å². The summed E-state index contributed by atoms with van der Waals surface area (Å²) in [6, 6.07) is 0. The molecule has 0 saturated carbocycles. The molecule has 0 aromatic heterocycles. The number of nitrogens with one attached hydrogen (secondary N) is 1. The largest absolute Gasteiger partial charge is 1.00 e. The molecule has 15 heteroatoms. The Morgan fingerprint density at radius 3 is 1.81 bits per heavy atom. The molecule has 180 valence electrons. The molecule has 0 atom stereocenters. The number of amides is 1. The number of carbonyl (C=O) groups is 3. The van der Waals surface area contributed by atoms with Gasteiger partial charge in [0.1, 0.15) is 0 Å². The maximum atomic E-state index is 11.4. The number of esters is 2. The molecule has 32 heavy (non-hydrogen) atoms. The Morgan fingerprint density at radius 1 is 1.00 bits per heavy atom. The summed E-state index contributed by atoms with van der Waals surface area (Å²) in [7, 11) is -8.26. The van der Waals surface area contributed by atoms with Crippen LogP contribution in [0.3, 0.4) is 0 Å². The van der Waals surface area contributed by atoms with E-state index in [1.807, 2.05) is 0 Å². The van der Waals surface area contributed by atoms with Crippen molar-refractivity contribution in [2.45, 2.75) is 32.1 Å². The summed E-state index contributed by atoms with van der Waals surface area (Å²) in [5, 5.41) is 2.68. The zero-order valence-corrected chi connectivity index (χ0v) is 22.7. The monoisotopic (exact) mass is 525 g/mol. The van der Waals surface area contributed by atoms with Crippen molar-refractivity contribution in [2.75, 3.05) is 31.3 Å². The molecular weight excluding hydrogens is 497 g/mol. The van der Waals surface area contributed by atoms with Gasteiger partial charge in [0, 0.05) is 18.5 Å². The van der Waals surface area contributed by atoms with Gasteiger partial charge >= 0.3 is 63.3 Å². The number of rotatable bonds is 11. The van der Waals surface area contributed by atoms with E-state index in [4.69, 9.17) is 9.11 Å². The first-order chi connectivity index (χ1) is 14.3. The van der Waals surface area contributed by atoms with Crippen molar-refractivity contribution in [1.82, 2.24) is 5.32 Å². The van der Waals surface area contributed by atoms with E-state index in [1.54, 1.807) is 0 Å². The normalized spacial score (nSPS) is 12.5. The second-order valence-electron chi connectivity index (χ2n) is 5.87. The van der Waals surface area contributed by atoms with Crippen molar-refractivity contribution in [3.63, 3.8) is 0 Å². The van der Waals surface area contributed by atoms with Gasteiger partial charge < -0.3 is 21.4 Å². The molecule has 3 N–H and O–H groups in total. The van der Waals surface area contributed by atoms with E-state index >= 15 is 0 Å². The molecule has 1 fully saturated rings. The van der Waals surface area contributed by atoms with Crippen LogP contribution < -0.4 is 56.7 Å². The van der Waals surface area contributed by atoms with Crippen molar-refractivity contribution in [1.29, 1.82) is 0 Å². The van der Waals surface area contributed by atoms with E-state index in [0.29, 0.717) is 0 Å². The Hall–Kier alpha value is -0.654. The van der Waals surface area contributed by atoms with Gasteiger partial charge in [-0.25, -0.2) is 4.79 Å². The molecule has 1 aliphatic heterocycles. The molecule has 1 rings (SSSR count). The Balaban J connectivity index is -0.000000785. The van der Waals surface area contributed by atoms with Crippen molar-refractivity contribution < 1.29 is 101 Å². The summed E-state index contributed by atoms with van der Waals surface area (Å²) in [4.78, 5) is 32.9. The van der Waals surface area contributed by atoms with E-state index in [1.165, 1.54) is 0 Å². The van der Waals surface area contributed by atoms with Crippen molar-refractivity contribution in [2.24, 2.45) is 0 Å². The Morgan fingerprint density at radius 2 is 1.47 bits per heavy atom. The molecule has 0 unspecified atom stereocenters. The first-order valence-electron chi connectivity index (χ1n) is 8.88. The minimum Gasteiger partial charge on any atom is -0.521 e. The number of hydrogen-bond donors (Lipinski definition) is 3. The van der Waals surface area contributed by atoms with Gasteiger partial charge in [0.15, 0.2) is 0 Å². The third-order valence-corrected chi connectivity index (χ3v) is 4.75. The average molecular weight is 526 g/mol. The van der Waals surface area contributed by atoms with E-state index < -0.39 is 50.1 Å². The molecule has 0 spiro atoms. The summed E-state index contributed by atoms with van der Waals surface area (Å²) in [6.45, 7) is 10.7. The first kappa shape index (κ1) is 35.9. The van der Waals surface area contributed by atoms with Crippen LogP contribution >= 0.6 is 0 Å². The van der Waals surface area contributed by atoms with Crippen molar-refractivity contribution in [3.05, 3.63) is 25.3 Å². The van der Waals surface area contributed by atoms with Crippen LogP contribution in [0.25, 0.3) is 0 Å². The average Bonchev–Trinajstić information content (AvgIpc) is 3.14. The van der Waals surface area contributed by atoms with Gasteiger partial charge in [-0.15, -0.1) is 0 Å². The maximum Gasteiger partial charge on any atom is 1.00 e. The van der Waals surface area contributed by atoms with E-state index in [0.717, 1.165) is 19.4 Å². The Bertz CT molecular complexity index is 802. The number of hydrogen-bond acceptors (Lipinski definition) is 9. The molecule has 0 aliphatic carbocycles. The van der Waals surface area contributed by atoms with Gasteiger partial charge in [0.2, 0.25) is 5.91 Å². The van der Waals surface area contributed by atoms with Crippen molar-refractivity contribution >= 4 is 38.1 Å². The summed E-state index contributed by atoms with van der Waals surface area (Å²) < 4.78 is 67.9. The predicted octanol–water partition coefficient (Wildman–Crippen LogP) is -2.92. The fraction of sp³-hybridized carbons (Fsp3) is 0.588. The fourth-order valence-corrected chi connectivity index (χ4v) is 2.76. The minimum atomic E-state index is -4.13. The summed E-state index contributed by atoms with van der Waals surface area (Å²) in [6.07, 6.45) is 1.07. The van der Waals surface area contributed by atoms with Crippen LogP contribution in [0.1, 0.15) is 32.1 Å². The number of carbonyl (C=O) groups excluding carboxylic acids is 3. The van der Waals surface area contributed by atoms with Crippen LogP contribution in [-0.2, 0) is 44.1 Å². The molecule has 0 radical (unpaired) electrons. The number of ether oxygens (including phenoxy) is 2. The topological polar surface area (TPSA) is 190 Å². The quantitative estimate of drug-likeness (QED) is 0.0625. The second-order valence-corrected chi connectivity index (χ2v) is 9.01. The summed E-state index contributed by atoms with van der Waals surface area (Å²) in [5.74, 6) is -2.68. The Labute approximate surface area is 231 Å². The second kappa shape index (κ2) is 19.8. The predicted molar refractivity (Wildman–Crippen MR) is 110 cm³/mol. The summed E-state index contributed by atoms with van der Waals surface area (Å²) >= 11 is 0. The summed E-state index contributed by atoms with van der Waals surface area (Å²) in [5.41, 5.74) is -0.225. The Kier molecular flexibility index (Phi) is 22.2. The van der Waals surface area contributed by atoms with E-state index in [9.17, 15) is 31.2 Å². The molecule has 0 bridgehead atoms. The first-order valence-corrected chi connectivity index (χ1v) is 12.1. The molecule has 1 saturated heterocycles. The molecule has 0 aromatic carbocycles. The molecule has 1 amide bonds. The maximum absolute atomic E-state index is 11.4. The van der Waals surface area contributed by atoms with Gasteiger partial charge in [0.05, 0.1) is 31.1 Å². The van der Waals surface area contributed by atoms with Gasteiger partial charge in [-0.05, 0) is 19.3 Å². The third kappa shape index (κ3) is 25.6. The fourth-order valence-electron chi connectivity index (χ4n) is 1.80. The van der Waals surface area contributed by atoms with E-state index in [-0.39, 0.29) is 88.9 Å². The van der Waals surface area contributed by atoms with Gasteiger partial charge in [-0.2, -0.15) is 16.8 Å². The van der Waals surface area contributed by atoms with Gasteiger partial charge in [0.25, 0.3) is 20.2 Å². The van der Waals surface area contributed by atoms with E-state index in [2.05, 4.69) is 34.5 Å². The van der Waals surface area contributed by atoms with Crippen molar-refractivity contribution in [3.8, 4) is 0 Å². The van der Waals surface area contributed by atoms with Crippen LogP contribution in [0.4, 0.5) is 0 Å². The van der Waals surface area contributed by atoms with Gasteiger partial charge in [-0.3, -0.25) is 25.3 Å². The molecule has 12 nitrogen and oxygen atoms in total. The van der Waals surface area contributed by atoms with Crippen LogP contribution in [0.5, 0.6) is 0 Å². The zero-order valence-electron chi connectivity index (χ0n) is 17.9. The van der Waals surface area contributed by atoms with Gasteiger partial charge in [-0.1, -0.05) is 6.58 Å². The zero-order chi connectivity index (χ0) is 24.5. The molecule has 1 heterocycles. The standard InChI is InChI=1S/C11H18O10S2.C4H7NO.C2H3.K/c1-9(11(13)21-5-3-7-23(17,18)19)8-10(12)20-4-2-6-22(14,15)16;6-4-2-1-3-5-4;1-2;/h1-8H2,(H,14,15,16)(H,17,18,19);1-3H2,(H,5,6);1H,2H2;/q;;-1;+1. The molecule has 1 aliphatic rings. The minimum absolute atomic E-state index is 0. The van der Waals surface area contributed by atoms with Crippen LogP contribution in [0, 0.1) is 6.58 Å².